The number of aromatic nitrogens is 2. The van der Waals surface area contributed by atoms with E-state index in [0.29, 0.717) is 12.0 Å². The largest absolute Gasteiger partial charge is 0.396 e. The number of hydrogen-bond donors (Lipinski definition) is 2. The maximum atomic E-state index is 8.99. The van der Waals surface area contributed by atoms with Crippen LogP contribution in [0, 0.1) is 5.92 Å². The molecule has 4 nitrogen and oxygen atoms in total. The molecule has 0 radical (unpaired) electrons. The first-order valence-electron chi connectivity index (χ1n) is 6.02. The second-order valence-electron chi connectivity index (χ2n) is 4.41. The summed E-state index contributed by atoms with van der Waals surface area (Å²) in [6.45, 7) is 8.46. The van der Waals surface area contributed by atoms with Crippen molar-refractivity contribution in [2.45, 2.75) is 46.3 Å². The Balaban J connectivity index is 2.48. The third kappa shape index (κ3) is 3.61. The quantitative estimate of drug-likeness (QED) is 0.737. The summed E-state index contributed by atoms with van der Waals surface area (Å²) in [4.78, 5) is 4.14. The van der Waals surface area contributed by atoms with Gasteiger partial charge in [-0.2, -0.15) is 0 Å². The number of imidazole rings is 1. The second kappa shape index (κ2) is 6.66. The van der Waals surface area contributed by atoms with E-state index in [2.05, 4.69) is 35.6 Å². The minimum Gasteiger partial charge on any atom is -0.396 e. The number of aliphatic hydroxyl groups excluding tert-OH is 1. The third-order valence-electron chi connectivity index (χ3n) is 2.93. The first-order valence-corrected chi connectivity index (χ1v) is 6.02. The SMILES string of the molecule is CCn1cncc1CNC(CCO)C(C)C. The van der Waals surface area contributed by atoms with Gasteiger partial charge in [-0.25, -0.2) is 4.98 Å². The van der Waals surface area contributed by atoms with Crippen molar-refractivity contribution in [2.75, 3.05) is 6.61 Å². The zero-order valence-corrected chi connectivity index (χ0v) is 10.5. The van der Waals surface area contributed by atoms with Crippen LogP contribution in [0.2, 0.25) is 0 Å². The van der Waals surface area contributed by atoms with E-state index in [9.17, 15) is 0 Å². The number of aryl methyl sites for hydroxylation is 1. The van der Waals surface area contributed by atoms with Gasteiger partial charge in [0.25, 0.3) is 0 Å². The maximum Gasteiger partial charge on any atom is 0.0948 e. The predicted octanol–water partition coefficient (Wildman–Crippen LogP) is 1.40. The molecule has 2 N–H and O–H groups in total. The number of nitrogens with zero attached hydrogens (tertiary/aromatic N) is 2. The van der Waals surface area contributed by atoms with Gasteiger partial charge in [-0.05, 0) is 19.3 Å². The predicted molar refractivity (Wildman–Crippen MR) is 65.1 cm³/mol. The molecule has 0 spiro atoms. The van der Waals surface area contributed by atoms with Gasteiger partial charge in [0.05, 0.1) is 12.0 Å². The normalized spacial score (nSPS) is 13.3. The molecule has 92 valence electrons. The zero-order valence-electron chi connectivity index (χ0n) is 10.5. The Morgan fingerprint density at radius 2 is 2.25 bits per heavy atom. The Morgan fingerprint density at radius 3 is 2.81 bits per heavy atom. The zero-order chi connectivity index (χ0) is 12.0. The van der Waals surface area contributed by atoms with Gasteiger partial charge in [-0.3, -0.25) is 0 Å². The Hall–Kier alpha value is -0.870. The van der Waals surface area contributed by atoms with Crippen LogP contribution in [0.3, 0.4) is 0 Å². The number of nitrogens with one attached hydrogen (secondary N) is 1. The van der Waals surface area contributed by atoms with Gasteiger partial charge in [0.2, 0.25) is 0 Å². The minimum atomic E-state index is 0.239. The monoisotopic (exact) mass is 225 g/mol. The number of rotatable bonds is 7. The van der Waals surface area contributed by atoms with Crippen LogP contribution in [0.1, 0.15) is 32.9 Å². The molecule has 1 heterocycles. The highest BCUT2D eigenvalue weighted by Crippen LogP contribution is 2.07. The van der Waals surface area contributed by atoms with Gasteiger partial charge in [-0.15, -0.1) is 0 Å². The van der Waals surface area contributed by atoms with E-state index in [4.69, 9.17) is 5.11 Å². The van der Waals surface area contributed by atoms with Crippen LogP contribution < -0.4 is 5.32 Å². The Labute approximate surface area is 97.7 Å². The lowest BCUT2D eigenvalue weighted by atomic mass is 10.0. The fourth-order valence-corrected chi connectivity index (χ4v) is 1.83. The lowest BCUT2D eigenvalue weighted by Gasteiger charge is -2.21. The molecule has 4 heteroatoms. The molecule has 1 atom stereocenters. The maximum absolute atomic E-state index is 8.99. The highest BCUT2D eigenvalue weighted by molar-refractivity contribution is 4.98. The number of aliphatic hydroxyl groups is 1. The summed E-state index contributed by atoms with van der Waals surface area (Å²) in [6.07, 6.45) is 4.55. The molecule has 16 heavy (non-hydrogen) atoms. The van der Waals surface area contributed by atoms with Crippen molar-refractivity contribution in [3.63, 3.8) is 0 Å². The lowest BCUT2D eigenvalue weighted by Crippen LogP contribution is -2.34. The fraction of sp³-hybridized carbons (Fsp3) is 0.750. The van der Waals surface area contributed by atoms with Crippen LogP contribution in [0.5, 0.6) is 0 Å². The molecule has 0 aliphatic carbocycles. The van der Waals surface area contributed by atoms with Crippen LogP contribution >= 0.6 is 0 Å². The first kappa shape index (κ1) is 13.2. The topological polar surface area (TPSA) is 50.1 Å². The van der Waals surface area contributed by atoms with Gasteiger partial charge in [-0.1, -0.05) is 13.8 Å². The minimum absolute atomic E-state index is 0.239. The molecular weight excluding hydrogens is 202 g/mol. The molecule has 0 aromatic carbocycles. The van der Waals surface area contributed by atoms with Crippen LogP contribution in [-0.4, -0.2) is 27.3 Å². The molecule has 0 fully saturated rings. The van der Waals surface area contributed by atoms with E-state index >= 15 is 0 Å². The Bertz CT molecular complexity index is 296. The fourth-order valence-electron chi connectivity index (χ4n) is 1.83. The van der Waals surface area contributed by atoms with E-state index in [-0.39, 0.29) is 6.61 Å². The molecule has 0 aliphatic rings. The van der Waals surface area contributed by atoms with Crippen molar-refractivity contribution in [3.05, 3.63) is 18.2 Å². The summed E-state index contributed by atoms with van der Waals surface area (Å²) in [5, 5.41) is 12.5. The van der Waals surface area contributed by atoms with E-state index in [1.54, 1.807) is 0 Å². The smallest absolute Gasteiger partial charge is 0.0948 e. The van der Waals surface area contributed by atoms with E-state index in [0.717, 1.165) is 19.5 Å². The molecular formula is C12H23N3O. The van der Waals surface area contributed by atoms with Gasteiger partial charge in [0.15, 0.2) is 0 Å². The van der Waals surface area contributed by atoms with Crippen LogP contribution in [0.25, 0.3) is 0 Å². The molecule has 1 aromatic heterocycles. The summed E-state index contributed by atoms with van der Waals surface area (Å²) in [5.74, 6) is 0.533. The van der Waals surface area contributed by atoms with Gasteiger partial charge in [0.1, 0.15) is 0 Å². The lowest BCUT2D eigenvalue weighted by molar-refractivity contribution is 0.243. The second-order valence-corrected chi connectivity index (χ2v) is 4.41. The summed E-state index contributed by atoms with van der Waals surface area (Å²) in [5.41, 5.74) is 1.20. The number of hydrogen-bond acceptors (Lipinski definition) is 3. The Kier molecular flexibility index (Phi) is 5.49. The molecule has 1 rings (SSSR count). The van der Waals surface area contributed by atoms with Gasteiger partial charge >= 0.3 is 0 Å². The average Bonchev–Trinajstić information content (AvgIpc) is 2.71. The first-order chi connectivity index (χ1) is 7.69. The van der Waals surface area contributed by atoms with Crippen molar-refractivity contribution in [2.24, 2.45) is 5.92 Å². The highest BCUT2D eigenvalue weighted by atomic mass is 16.3. The van der Waals surface area contributed by atoms with Gasteiger partial charge < -0.3 is 15.0 Å². The van der Waals surface area contributed by atoms with E-state index in [1.165, 1.54) is 5.69 Å². The van der Waals surface area contributed by atoms with Crippen molar-refractivity contribution >= 4 is 0 Å². The van der Waals surface area contributed by atoms with Crippen molar-refractivity contribution in [3.8, 4) is 0 Å². The molecule has 0 aliphatic heterocycles. The van der Waals surface area contributed by atoms with Crippen molar-refractivity contribution < 1.29 is 5.11 Å². The summed E-state index contributed by atoms with van der Waals surface area (Å²) < 4.78 is 2.13. The molecule has 0 bridgehead atoms. The third-order valence-corrected chi connectivity index (χ3v) is 2.93. The molecule has 1 unspecified atom stereocenters. The average molecular weight is 225 g/mol. The van der Waals surface area contributed by atoms with E-state index in [1.807, 2.05) is 12.5 Å². The van der Waals surface area contributed by atoms with Crippen LogP contribution in [0.15, 0.2) is 12.5 Å². The summed E-state index contributed by atoms with van der Waals surface area (Å²) in [6, 6.07) is 0.366. The van der Waals surface area contributed by atoms with E-state index < -0.39 is 0 Å². The molecule has 0 saturated carbocycles. The van der Waals surface area contributed by atoms with Gasteiger partial charge in [0, 0.05) is 31.9 Å². The standard InChI is InChI=1S/C12H23N3O/c1-4-15-9-13-7-11(15)8-14-12(5-6-16)10(2)3/h7,9-10,12,14,16H,4-6,8H2,1-3H3. The molecule has 1 aromatic rings. The van der Waals surface area contributed by atoms with Crippen molar-refractivity contribution in [1.29, 1.82) is 0 Å². The van der Waals surface area contributed by atoms with Crippen LogP contribution in [-0.2, 0) is 13.1 Å². The highest BCUT2D eigenvalue weighted by Gasteiger charge is 2.12. The Morgan fingerprint density at radius 1 is 1.50 bits per heavy atom. The molecule has 0 amide bonds. The van der Waals surface area contributed by atoms with Crippen LogP contribution in [0.4, 0.5) is 0 Å². The van der Waals surface area contributed by atoms with Crippen molar-refractivity contribution in [1.82, 2.24) is 14.9 Å². The summed E-state index contributed by atoms with van der Waals surface area (Å²) in [7, 11) is 0. The molecule has 0 saturated heterocycles. The summed E-state index contributed by atoms with van der Waals surface area (Å²) >= 11 is 0.